The van der Waals surface area contributed by atoms with Crippen molar-refractivity contribution in [3.05, 3.63) is 34.3 Å². The molecule has 124 valence electrons. The van der Waals surface area contributed by atoms with Crippen molar-refractivity contribution in [2.45, 2.75) is 63.8 Å². The van der Waals surface area contributed by atoms with Gasteiger partial charge in [0, 0.05) is 55.1 Å². The summed E-state index contributed by atoms with van der Waals surface area (Å²) >= 11 is 1.87. The molecule has 1 aliphatic heterocycles. The number of aromatic nitrogens is 3. The van der Waals surface area contributed by atoms with Gasteiger partial charge < -0.3 is 14.6 Å². The molecule has 0 aromatic carbocycles. The van der Waals surface area contributed by atoms with Crippen molar-refractivity contribution >= 4 is 11.3 Å². The number of rotatable bonds is 6. The van der Waals surface area contributed by atoms with E-state index in [4.69, 9.17) is 4.74 Å². The monoisotopic (exact) mass is 332 g/mol. The van der Waals surface area contributed by atoms with Crippen molar-refractivity contribution in [3.8, 4) is 0 Å². The van der Waals surface area contributed by atoms with Gasteiger partial charge in [-0.2, -0.15) is 0 Å². The van der Waals surface area contributed by atoms with E-state index in [1.54, 1.807) is 0 Å². The predicted molar refractivity (Wildman–Crippen MR) is 90.5 cm³/mol. The standard InChI is InChI=1S/C17H24N4OS/c1-2-21-8-7-18-16(21)15-14(6-9-22-15)19-10-13-11-20-17(23-13)12-4-3-5-12/h7-8,11-12,14-15,19H,2-6,9-10H2,1H3/t14-,15-/m0/s1. The van der Waals surface area contributed by atoms with Crippen LogP contribution in [-0.4, -0.2) is 27.2 Å². The summed E-state index contributed by atoms with van der Waals surface area (Å²) in [6.07, 6.45) is 11.0. The highest BCUT2D eigenvalue weighted by Gasteiger charge is 2.32. The Morgan fingerprint density at radius 3 is 3.04 bits per heavy atom. The minimum absolute atomic E-state index is 0.0592. The van der Waals surface area contributed by atoms with Crippen LogP contribution < -0.4 is 5.32 Å². The van der Waals surface area contributed by atoms with Gasteiger partial charge in [-0.25, -0.2) is 9.97 Å². The van der Waals surface area contributed by atoms with E-state index in [0.29, 0.717) is 6.04 Å². The summed E-state index contributed by atoms with van der Waals surface area (Å²) in [5, 5.41) is 5.00. The van der Waals surface area contributed by atoms with Crippen LogP contribution in [0.2, 0.25) is 0 Å². The van der Waals surface area contributed by atoms with Crippen molar-refractivity contribution in [1.82, 2.24) is 19.9 Å². The van der Waals surface area contributed by atoms with Crippen molar-refractivity contribution in [3.63, 3.8) is 0 Å². The van der Waals surface area contributed by atoms with Crippen molar-refractivity contribution in [2.24, 2.45) is 0 Å². The van der Waals surface area contributed by atoms with Crippen molar-refractivity contribution in [1.29, 1.82) is 0 Å². The third-order valence-corrected chi connectivity index (χ3v) is 6.16. The topological polar surface area (TPSA) is 52.0 Å². The van der Waals surface area contributed by atoms with E-state index >= 15 is 0 Å². The molecule has 2 fully saturated rings. The number of aryl methyl sites for hydroxylation is 1. The Morgan fingerprint density at radius 2 is 2.26 bits per heavy atom. The number of imidazole rings is 1. The Kier molecular flexibility index (Phi) is 4.46. The first-order valence-electron chi connectivity index (χ1n) is 8.65. The summed E-state index contributed by atoms with van der Waals surface area (Å²) in [5.41, 5.74) is 0. The Bertz CT molecular complexity index is 649. The molecular formula is C17H24N4OS. The van der Waals surface area contributed by atoms with E-state index < -0.39 is 0 Å². The van der Waals surface area contributed by atoms with Crippen LogP contribution in [0.3, 0.4) is 0 Å². The van der Waals surface area contributed by atoms with Crippen LogP contribution in [0.1, 0.15) is 60.3 Å². The zero-order valence-electron chi connectivity index (χ0n) is 13.6. The first-order chi connectivity index (χ1) is 11.3. The van der Waals surface area contributed by atoms with Gasteiger partial charge in [0.1, 0.15) is 11.9 Å². The lowest BCUT2D eigenvalue weighted by Crippen LogP contribution is -2.32. The van der Waals surface area contributed by atoms with Gasteiger partial charge >= 0.3 is 0 Å². The van der Waals surface area contributed by atoms with Gasteiger partial charge in [-0.1, -0.05) is 6.42 Å². The van der Waals surface area contributed by atoms with Gasteiger partial charge in [-0.15, -0.1) is 11.3 Å². The van der Waals surface area contributed by atoms with Gasteiger partial charge in [-0.3, -0.25) is 0 Å². The molecule has 5 nitrogen and oxygen atoms in total. The first-order valence-corrected chi connectivity index (χ1v) is 9.47. The fourth-order valence-corrected chi connectivity index (χ4v) is 4.42. The highest BCUT2D eigenvalue weighted by atomic mass is 32.1. The highest BCUT2D eigenvalue weighted by Crippen LogP contribution is 2.38. The fourth-order valence-electron chi connectivity index (χ4n) is 3.38. The van der Waals surface area contributed by atoms with E-state index in [1.807, 2.05) is 29.9 Å². The average molecular weight is 332 g/mol. The molecule has 0 amide bonds. The molecule has 1 N–H and O–H groups in total. The Labute approximate surface area is 141 Å². The third-order valence-electron chi connectivity index (χ3n) is 5.00. The van der Waals surface area contributed by atoms with E-state index in [9.17, 15) is 0 Å². The summed E-state index contributed by atoms with van der Waals surface area (Å²) in [4.78, 5) is 10.4. The number of thiazole rings is 1. The molecule has 2 aliphatic rings. The lowest BCUT2D eigenvalue weighted by atomic mass is 9.86. The summed E-state index contributed by atoms with van der Waals surface area (Å²) in [7, 11) is 0. The normalized spacial score (nSPS) is 24.9. The van der Waals surface area contributed by atoms with Gasteiger partial charge in [0.25, 0.3) is 0 Å². The number of nitrogens with one attached hydrogen (secondary N) is 1. The van der Waals surface area contributed by atoms with E-state index in [1.165, 1.54) is 29.1 Å². The highest BCUT2D eigenvalue weighted by molar-refractivity contribution is 7.11. The molecule has 23 heavy (non-hydrogen) atoms. The van der Waals surface area contributed by atoms with E-state index in [2.05, 4.69) is 26.8 Å². The number of ether oxygens (including phenoxy) is 1. The van der Waals surface area contributed by atoms with Gasteiger partial charge in [0.15, 0.2) is 0 Å². The maximum absolute atomic E-state index is 5.95. The lowest BCUT2D eigenvalue weighted by Gasteiger charge is -2.22. The maximum atomic E-state index is 5.95. The van der Waals surface area contributed by atoms with Crippen molar-refractivity contribution in [2.75, 3.05) is 6.61 Å². The zero-order chi connectivity index (χ0) is 15.6. The van der Waals surface area contributed by atoms with Crippen LogP contribution in [0.25, 0.3) is 0 Å². The molecule has 1 aliphatic carbocycles. The fraction of sp³-hybridized carbons (Fsp3) is 0.647. The third kappa shape index (κ3) is 3.07. The Morgan fingerprint density at radius 1 is 1.35 bits per heavy atom. The minimum Gasteiger partial charge on any atom is -0.369 e. The Balaban J connectivity index is 1.38. The summed E-state index contributed by atoms with van der Waals surface area (Å²) in [6, 6.07) is 0.331. The molecule has 0 spiro atoms. The molecule has 1 saturated heterocycles. The minimum atomic E-state index is 0.0592. The van der Waals surface area contributed by atoms with E-state index in [-0.39, 0.29) is 6.10 Å². The van der Waals surface area contributed by atoms with Gasteiger partial charge in [0.05, 0.1) is 5.01 Å². The second kappa shape index (κ2) is 6.71. The first kappa shape index (κ1) is 15.3. The molecule has 0 unspecified atom stereocenters. The summed E-state index contributed by atoms with van der Waals surface area (Å²) in [6.45, 7) is 4.75. The molecular weight excluding hydrogens is 308 g/mol. The smallest absolute Gasteiger partial charge is 0.139 e. The van der Waals surface area contributed by atoms with Crippen LogP contribution in [0, 0.1) is 0 Å². The number of nitrogens with zero attached hydrogens (tertiary/aromatic N) is 3. The van der Waals surface area contributed by atoms with Gasteiger partial charge in [-0.05, 0) is 26.2 Å². The SMILES string of the molecule is CCn1ccnc1[C@H]1OCC[C@@H]1NCc1cnc(C2CCC2)s1. The molecule has 0 bridgehead atoms. The van der Waals surface area contributed by atoms with Crippen LogP contribution in [0.15, 0.2) is 18.6 Å². The number of hydrogen-bond acceptors (Lipinski definition) is 5. The average Bonchev–Trinajstić information content (AvgIpc) is 3.23. The zero-order valence-corrected chi connectivity index (χ0v) is 14.4. The maximum Gasteiger partial charge on any atom is 0.139 e. The molecule has 2 aromatic heterocycles. The largest absolute Gasteiger partial charge is 0.369 e. The van der Waals surface area contributed by atoms with Gasteiger partial charge in [0.2, 0.25) is 0 Å². The van der Waals surface area contributed by atoms with Crippen LogP contribution in [0.4, 0.5) is 0 Å². The summed E-state index contributed by atoms with van der Waals surface area (Å²) in [5.74, 6) is 1.77. The van der Waals surface area contributed by atoms with Crippen LogP contribution in [-0.2, 0) is 17.8 Å². The van der Waals surface area contributed by atoms with E-state index in [0.717, 1.165) is 37.9 Å². The van der Waals surface area contributed by atoms with Crippen molar-refractivity contribution < 1.29 is 4.74 Å². The lowest BCUT2D eigenvalue weighted by molar-refractivity contribution is 0.0886. The second-order valence-corrected chi connectivity index (χ2v) is 7.58. The predicted octanol–water partition coefficient (Wildman–Crippen LogP) is 3.25. The molecule has 0 radical (unpaired) electrons. The summed E-state index contributed by atoms with van der Waals surface area (Å²) < 4.78 is 8.13. The Hall–Kier alpha value is -1.24. The van der Waals surface area contributed by atoms with Crippen LogP contribution in [0.5, 0.6) is 0 Å². The molecule has 1 saturated carbocycles. The number of hydrogen-bond donors (Lipinski definition) is 1. The second-order valence-electron chi connectivity index (χ2n) is 6.43. The quantitative estimate of drug-likeness (QED) is 0.882. The van der Waals surface area contributed by atoms with Crippen LogP contribution >= 0.6 is 11.3 Å². The molecule has 2 aromatic rings. The molecule has 2 atom stereocenters. The molecule has 6 heteroatoms. The molecule has 4 rings (SSSR count). The molecule has 3 heterocycles.